The summed E-state index contributed by atoms with van der Waals surface area (Å²) in [5, 5.41) is 9.51. The second kappa shape index (κ2) is 14.0. The molecule has 1 fully saturated rings. The average molecular weight is 486 g/mol. The minimum atomic E-state index is -0.954. The summed E-state index contributed by atoms with van der Waals surface area (Å²) in [5.74, 6) is -1.42. The van der Waals surface area contributed by atoms with E-state index in [1.54, 1.807) is 38.7 Å². The second-order valence-electron chi connectivity index (χ2n) is 8.22. The number of nitrogens with one attached hydrogen (secondary N) is 3. The smallest absolute Gasteiger partial charge is 0.262 e. The number of hydrogen-bond donors (Lipinski definition) is 3. The Kier molecular flexibility index (Phi) is 12.2. The van der Waals surface area contributed by atoms with E-state index in [0.717, 1.165) is 0 Å². The Balaban J connectivity index is 0.00000172. The predicted octanol–water partition coefficient (Wildman–Crippen LogP) is 0.761. The highest BCUT2D eigenvalue weighted by atomic mass is 32.1. The molecule has 0 aromatic carbocycles. The number of amides is 3. The van der Waals surface area contributed by atoms with E-state index in [9.17, 15) is 19.2 Å². The molecule has 0 saturated carbocycles. The fraction of sp³-hybridized carbons (Fsp3) is 0.636. The monoisotopic (exact) mass is 485 g/mol. The van der Waals surface area contributed by atoms with Crippen molar-refractivity contribution in [3.8, 4) is 0 Å². The summed E-state index contributed by atoms with van der Waals surface area (Å²) in [4.78, 5) is 50.0. The van der Waals surface area contributed by atoms with E-state index in [-0.39, 0.29) is 24.9 Å². The van der Waals surface area contributed by atoms with Gasteiger partial charge in [0.25, 0.3) is 5.91 Å². The molecule has 2 rings (SSSR count). The van der Waals surface area contributed by atoms with Crippen LogP contribution in [0.1, 0.15) is 36.9 Å². The molecule has 186 valence electrons. The van der Waals surface area contributed by atoms with Gasteiger partial charge in [0.2, 0.25) is 11.8 Å². The van der Waals surface area contributed by atoms with E-state index >= 15 is 0 Å². The van der Waals surface area contributed by atoms with Crippen LogP contribution in [0.3, 0.4) is 0 Å². The van der Waals surface area contributed by atoms with Crippen LogP contribution in [0.4, 0.5) is 0 Å². The van der Waals surface area contributed by atoms with Crippen molar-refractivity contribution in [3.05, 3.63) is 22.4 Å². The number of ether oxygens (including phenoxy) is 3. The third-order valence-corrected chi connectivity index (χ3v) is 5.45. The lowest BCUT2D eigenvalue weighted by Gasteiger charge is -2.22. The Morgan fingerprint density at radius 2 is 1.79 bits per heavy atom. The lowest BCUT2D eigenvalue weighted by Crippen LogP contribution is -2.53. The van der Waals surface area contributed by atoms with Gasteiger partial charge < -0.3 is 30.2 Å². The van der Waals surface area contributed by atoms with Gasteiger partial charge >= 0.3 is 0 Å². The van der Waals surface area contributed by atoms with Gasteiger partial charge in [-0.05, 0) is 30.7 Å². The molecule has 33 heavy (non-hydrogen) atoms. The van der Waals surface area contributed by atoms with Crippen molar-refractivity contribution < 1.29 is 33.4 Å². The molecule has 1 aromatic heterocycles. The molecular formula is C22H35N3O7S. The molecule has 0 spiro atoms. The Labute approximate surface area is 198 Å². The Morgan fingerprint density at radius 3 is 2.27 bits per heavy atom. The highest BCUT2D eigenvalue weighted by Gasteiger charge is 2.50. The van der Waals surface area contributed by atoms with E-state index in [2.05, 4.69) is 20.7 Å². The van der Waals surface area contributed by atoms with Crippen LogP contribution in [0.5, 0.6) is 0 Å². The summed E-state index contributed by atoms with van der Waals surface area (Å²) in [6.45, 7) is 5.58. The number of ketones is 1. The Hall–Kier alpha value is -2.34. The zero-order valence-corrected chi connectivity index (χ0v) is 20.9. The topological polar surface area (TPSA) is 135 Å². The number of epoxide rings is 1. The zero-order chi connectivity index (χ0) is 25.0. The number of Topliss-reactive ketones (excluding diaryl/α,β-unsaturated/α-hetero) is 1. The molecule has 11 heteroatoms. The van der Waals surface area contributed by atoms with Crippen LogP contribution in [0.15, 0.2) is 17.5 Å². The van der Waals surface area contributed by atoms with Crippen molar-refractivity contribution in [2.24, 2.45) is 5.92 Å². The quantitative estimate of drug-likeness (QED) is 0.372. The third kappa shape index (κ3) is 9.99. The SMILES string of the molecule is COC.COC[C@H](NC(=O)c1cccs1)C(=O)NCC(=O)NC(CC(C)C)C(=O)[C@@]1(C)CO1. The first-order valence-electron chi connectivity index (χ1n) is 10.6. The predicted molar refractivity (Wildman–Crippen MR) is 124 cm³/mol. The van der Waals surface area contributed by atoms with Gasteiger partial charge in [-0.15, -0.1) is 11.3 Å². The van der Waals surface area contributed by atoms with Gasteiger partial charge in [0.05, 0.1) is 30.7 Å². The van der Waals surface area contributed by atoms with Crippen molar-refractivity contribution >= 4 is 34.8 Å². The number of hydrogen-bond acceptors (Lipinski definition) is 8. The summed E-state index contributed by atoms with van der Waals surface area (Å²) in [6, 6.07) is 1.74. The lowest BCUT2D eigenvalue weighted by atomic mass is 9.93. The molecule has 3 amide bonds. The van der Waals surface area contributed by atoms with Gasteiger partial charge in [0, 0.05) is 21.3 Å². The number of carbonyl (C=O) groups is 4. The van der Waals surface area contributed by atoms with Crippen molar-refractivity contribution in [2.45, 2.75) is 44.9 Å². The molecule has 10 nitrogen and oxygen atoms in total. The van der Waals surface area contributed by atoms with E-state index in [1.807, 2.05) is 13.8 Å². The Bertz CT molecular complexity index is 779. The molecule has 1 aliphatic rings. The molecule has 3 N–H and O–H groups in total. The van der Waals surface area contributed by atoms with Crippen molar-refractivity contribution in [1.29, 1.82) is 0 Å². The van der Waals surface area contributed by atoms with Gasteiger partial charge in [0.15, 0.2) is 5.78 Å². The molecule has 0 bridgehead atoms. The summed E-state index contributed by atoms with van der Waals surface area (Å²) in [7, 11) is 4.66. The van der Waals surface area contributed by atoms with Crippen LogP contribution in [-0.4, -0.2) is 82.3 Å². The largest absolute Gasteiger partial charge is 0.388 e. The van der Waals surface area contributed by atoms with Gasteiger partial charge in [-0.3, -0.25) is 19.2 Å². The lowest BCUT2D eigenvalue weighted by molar-refractivity contribution is -0.131. The fourth-order valence-corrected chi connectivity index (χ4v) is 3.47. The first-order chi connectivity index (χ1) is 15.6. The standard InChI is InChI=1S/C20H29N3O6S.C2H6O/c1-12(2)8-13(17(25)20(3)11-29-20)22-16(24)9-21-18(26)14(10-28-4)23-19(27)15-6-5-7-30-15;1-3-2/h5-7,12-14H,8-11H2,1-4H3,(H,21,26)(H,22,24)(H,23,27);1-2H3/t13?,14-,20+;/m0./s1. The fourth-order valence-electron chi connectivity index (χ4n) is 2.84. The molecular weight excluding hydrogens is 450 g/mol. The maximum absolute atomic E-state index is 12.6. The maximum Gasteiger partial charge on any atom is 0.262 e. The third-order valence-electron chi connectivity index (χ3n) is 4.58. The van der Waals surface area contributed by atoms with Crippen LogP contribution in [0.2, 0.25) is 0 Å². The number of carbonyl (C=O) groups excluding carboxylic acids is 4. The van der Waals surface area contributed by atoms with E-state index in [4.69, 9.17) is 9.47 Å². The highest BCUT2D eigenvalue weighted by molar-refractivity contribution is 7.12. The summed E-state index contributed by atoms with van der Waals surface area (Å²) >= 11 is 1.25. The summed E-state index contributed by atoms with van der Waals surface area (Å²) < 4.78 is 14.5. The Morgan fingerprint density at radius 1 is 1.15 bits per heavy atom. The van der Waals surface area contributed by atoms with Crippen LogP contribution >= 0.6 is 11.3 Å². The molecule has 1 unspecified atom stereocenters. The molecule has 2 heterocycles. The molecule has 0 aliphatic carbocycles. The van der Waals surface area contributed by atoms with E-state index < -0.39 is 35.4 Å². The van der Waals surface area contributed by atoms with Crippen molar-refractivity contribution in [2.75, 3.05) is 41.1 Å². The number of thiophene rings is 1. The van der Waals surface area contributed by atoms with Crippen molar-refractivity contribution in [3.63, 3.8) is 0 Å². The molecule has 1 aliphatic heterocycles. The van der Waals surface area contributed by atoms with Gasteiger partial charge in [-0.1, -0.05) is 19.9 Å². The van der Waals surface area contributed by atoms with Crippen molar-refractivity contribution in [1.82, 2.24) is 16.0 Å². The maximum atomic E-state index is 12.6. The molecule has 1 aromatic rings. The van der Waals surface area contributed by atoms with Crippen LogP contribution in [0.25, 0.3) is 0 Å². The summed E-state index contributed by atoms with van der Waals surface area (Å²) in [5.41, 5.74) is -0.842. The average Bonchev–Trinajstić information content (AvgIpc) is 3.26. The molecule has 1 saturated heterocycles. The second-order valence-corrected chi connectivity index (χ2v) is 9.17. The normalized spacial score (nSPS) is 18.4. The van der Waals surface area contributed by atoms with Gasteiger partial charge in [-0.2, -0.15) is 0 Å². The number of rotatable bonds is 12. The zero-order valence-electron chi connectivity index (χ0n) is 20.1. The molecule has 3 atom stereocenters. The van der Waals surface area contributed by atoms with Crippen LogP contribution in [0, 0.1) is 5.92 Å². The molecule has 0 radical (unpaired) electrons. The summed E-state index contributed by atoms with van der Waals surface area (Å²) in [6.07, 6.45) is 0.473. The van der Waals surface area contributed by atoms with Crippen LogP contribution in [-0.2, 0) is 28.6 Å². The van der Waals surface area contributed by atoms with E-state index in [1.165, 1.54) is 18.4 Å². The number of methoxy groups -OCH3 is 2. The first-order valence-corrected chi connectivity index (χ1v) is 11.4. The van der Waals surface area contributed by atoms with E-state index in [0.29, 0.717) is 17.9 Å². The van der Waals surface area contributed by atoms with Gasteiger partial charge in [0.1, 0.15) is 11.6 Å². The highest BCUT2D eigenvalue weighted by Crippen LogP contribution is 2.29. The van der Waals surface area contributed by atoms with Crippen LogP contribution < -0.4 is 16.0 Å². The first kappa shape index (κ1) is 28.7. The minimum absolute atomic E-state index is 0.0469. The van der Waals surface area contributed by atoms with Gasteiger partial charge in [-0.25, -0.2) is 0 Å². The minimum Gasteiger partial charge on any atom is -0.388 e.